The number of hydrogen-bond donors (Lipinski definition) is 3. The molecule has 11 heteroatoms. The number of unbranched alkanes of at least 4 members (excludes halogenated alkanes) is 1. The van der Waals surface area contributed by atoms with Crippen LogP contribution in [0.25, 0.3) is 10.9 Å². The monoisotopic (exact) mass is 560 g/mol. The van der Waals surface area contributed by atoms with Crippen LogP contribution in [0.5, 0.6) is 0 Å². The minimum Gasteiger partial charge on any atom is -0.335 e. The van der Waals surface area contributed by atoms with Gasteiger partial charge in [-0.15, -0.1) is 0 Å². The molecule has 38 heavy (non-hydrogen) atoms. The molecule has 1 unspecified atom stereocenters. The minimum atomic E-state index is -4.05. The molecule has 0 bridgehead atoms. The van der Waals surface area contributed by atoms with Crippen LogP contribution >= 0.6 is 11.6 Å². The van der Waals surface area contributed by atoms with E-state index in [4.69, 9.17) is 11.6 Å². The minimum absolute atomic E-state index is 0.0148. The van der Waals surface area contributed by atoms with Crippen LogP contribution in [-0.4, -0.2) is 30.0 Å². The molecule has 0 aliphatic heterocycles. The van der Waals surface area contributed by atoms with Crippen LogP contribution < -0.4 is 21.3 Å². The maximum absolute atomic E-state index is 13.3. The maximum atomic E-state index is 13.3. The molecule has 1 fully saturated rings. The molecule has 1 saturated carbocycles. The Morgan fingerprint density at radius 3 is 2.50 bits per heavy atom. The van der Waals surface area contributed by atoms with Gasteiger partial charge < -0.3 is 10.3 Å². The highest BCUT2D eigenvalue weighted by Gasteiger charge is 2.22. The van der Waals surface area contributed by atoms with Crippen molar-refractivity contribution in [1.29, 1.82) is 0 Å². The molecule has 2 aromatic carbocycles. The van der Waals surface area contributed by atoms with Crippen molar-refractivity contribution < 1.29 is 13.2 Å². The van der Waals surface area contributed by atoms with E-state index in [0.29, 0.717) is 28.8 Å². The second-order valence-corrected chi connectivity index (χ2v) is 12.0. The third-order valence-corrected chi connectivity index (χ3v) is 8.60. The molecule has 1 aromatic heterocycles. The number of amides is 2. The Morgan fingerprint density at radius 1 is 1.11 bits per heavy atom. The molecular weight excluding hydrogens is 528 g/mol. The zero-order valence-corrected chi connectivity index (χ0v) is 22.9. The Bertz CT molecular complexity index is 1510. The van der Waals surface area contributed by atoms with Gasteiger partial charge in [-0.1, -0.05) is 62.8 Å². The van der Waals surface area contributed by atoms with Crippen LogP contribution in [0, 0.1) is 0 Å². The van der Waals surface area contributed by atoms with Crippen molar-refractivity contribution in [3.63, 3.8) is 0 Å². The van der Waals surface area contributed by atoms with Crippen molar-refractivity contribution in [1.82, 2.24) is 19.6 Å². The lowest BCUT2D eigenvalue weighted by Crippen LogP contribution is -2.45. The summed E-state index contributed by atoms with van der Waals surface area (Å²) in [4.78, 5) is 41.2. The van der Waals surface area contributed by atoms with Crippen molar-refractivity contribution in [2.45, 2.75) is 81.7 Å². The summed E-state index contributed by atoms with van der Waals surface area (Å²) in [7, 11) is -4.05. The lowest BCUT2D eigenvalue weighted by atomic mass is 9.96. The van der Waals surface area contributed by atoms with E-state index >= 15 is 0 Å². The van der Waals surface area contributed by atoms with Crippen LogP contribution in [0.4, 0.5) is 4.79 Å². The largest absolute Gasteiger partial charge is 0.335 e. The van der Waals surface area contributed by atoms with Gasteiger partial charge >= 0.3 is 11.7 Å². The predicted molar refractivity (Wildman–Crippen MR) is 148 cm³/mol. The first-order chi connectivity index (χ1) is 18.2. The van der Waals surface area contributed by atoms with Gasteiger partial charge in [0.25, 0.3) is 15.6 Å². The van der Waals surface area contributed by atoms with Gasteiger partial charge in [-0.2, -0.15) is 0 Å². The van der Waals surface area contributed by atoms with E-state index in [0.717, 1.165) is 50.5 Å². The highest BCUT2D eigenvalue weighted by Crippen LogP contribution is 2.22. The van der Waals surface area contributed by atoms with Crippen molar-refractivity contribution in [3.05, 3.63) is 73.9 Å². The number of nitrogens with one attached hydrogen (secondary N) is 3. The Labute approximate surface area is 226 Å². The number of carbonyl (C=O) groups excluding carboxylic acids is 1. The number of benzene rings is 2. The van der Waals surface area contributed by atoms with Gasteiger partial charge in [-0.25, -0.2) is 22.7 Å². The van der Waals surface area contributed by atoms with Crippen LogP contribution in [0.1, 0.15) is 69.9 Å². The van der Waals surface area contributed by atoms with Crippen molar-refractivity contribution in [3.8, 4) is 0 Å². The highest BCUT2D eigenvalue weighted by atomic mass is 35.5. The summed E-state index contributed by atoms with van der Waals surface area (Å²) >= 11 is 6.09. The molecule has 3 aromatic rings. The molecule has 2 amide bonds. The number of urea groups is 1. The predicted octanol–water partition coefficient (Wildman–Crippen LogP) is 4.64. The first kappa shape index (κ1) is 27.9. The summed E-state index contributed by atoms with van der Waals surface area (Å²) < 4.78 is 28.8. The number of carbonyl (C=O) groups is 1. The Morgan fingerprint density at radius 2 is 1.82 bits per heavy atom. The van der Waals surface area contributed by atoms with E-state index in [2.05, 4.69) is 15.0 Å². The SMILES string of the molecule is CCCCC(Cc1ccc(S(=O)(=O)NC(=O)NC2CCCCC2)cc1)n1c(=O)[nH]c2ccc(Cl)cc2c1=O. The summed E-state index contributed by atoms with van der Waals surface area (Å²) in [5, 5.41) is 3.47. The molecular formula is C27H33ClN4O5S. The quantitative estimate of drug-likeness (QED) is 0.351. The van der Waals surface area contributed by atoms with Crippen molar-refractivity contribution >= 4 is 38.6 Å². The van der Waals surface area contributed by atoms with E-state index in [-0.39, 0.29) is 10.9 Å². The summed E-state index contributed by atoms with van der Waals surface area (Å²) in [5.41, 5.74) is 0.261. The van der Waals surface area contributed by atoms with E-state index in [1.165, 1.54) is 16.7 Å². The van der Waals surface area contributed by atoms with Crippen LogP contribution in [-0.2, 0) is 16.4 Å². The fourth-order valence-corrected chi connectivity index (χ4v) is 6.10. The third kappa shape index (κ3) is 6.66. The Balaban J connectivity index is 1.53. The summed E-state index contributed by atoms with van der Waals surface area (Å²) in [6, 6.07) is 9.72. The van der Waals surface area contributed by atoms with E-state index in [1.807, 2.05) is 6.92 Å². The van der Waals surface area contributed by atoms with Gasteiger partial charge in [0.2, 0.25) is 0 Å². The first-order valence-corrected chi connectivity index (χ1v) is 14.9. The number of H-pyrrole nitrogens is 1. The van der Waals surface area contributed by atoms with Gasteiger partial charge in [-0.3, -0.25) is 9.36 Å². The fraction of sp³-hybridized carbons (Fsp3) is 0.444. The zero-order chi connectivity index (χ0) is 27.3. The smallest absolute Gasteiger partial charge is 0.329 e. The molecule has 9 nitrogen and oxygen atoms in total. The summed E-state index contributed by atoms with van der Waals surface area (Å²) in [6.07, 6.45) is 7.48. The topological polar surface area (TPSA) is 130 Å². The Hall–Kier alpha value is -3.11. The fourth-order valence-electron chi connectivity index (χ4n) is 5.01. The molecule has 0 radical (unpaired) electrons. The lowest BCUT2D eigenvalue weighted by Gasteiger charge is -2.22. The van der Waals surface area contributed by atoms with E-state index < -0.39 is 33.3 Å². The van der Waals surface area contributed by atoms with E-state index in [1.54, 1.807) is 30.3 Å². The highest BCUT2D eigenvalue weighted by molar-refractivity contribution is 7.90. The number of aromatic nitrogens is 2. The molecule has 1 aliphatic rings. The number of nitrogens with zero attached hydrogens (tertiary/aromatic N) is 1. The molecule has 0 spiro atoms. The molecule has 1 heterocycles. The molecule has 3 N–H and O–H groups in total. The van der Waals surface area contributed by atoms with Crippen LogP contribution in [0.15, 0.2) is 56.9 Å². The van der Waals surface area contributed by atoms with E-state index in [9.17, 15) is 22.8 Å². The first-order valence-electron chi connectivity index (χ1n) is 13.0. The maximum Gasteiger partial charge on any atom is 0.329 e. The van der Waals surface area contributed by atoms with Gasteiger partial charge in [0.05, 0.1) is 15.8 Å². The standard InChI is InChI=1S/C27H33ClN4O5S/c1-2-3-9-21(32-25(33)23-17-19(28)12-15-24(23)30-27(32)35)16-18-10-13-22(14-11-18)38(36,37)31-26(34)29-20-7-5-4-6-8-20/h10-15,17,20-21H,2-9,16H2,1H3,(H,30,35)(H2,29,31,34). The van der Waals surface area contributed by atoms with Crippen molar-refractivity contribution in [2.24, 2.45) is 0 Å². The number of aromatic amines is 1. The lowest BCUT2D eigenvalue weighted by molar-refractivity contribution is 0.237. The van der Waals surface area contributed by atoms with Gasteiger partial charge in [0, 0.05) is 17.1 Å². The van der Waals surface area contributed by atoms with Gasteiger partial charge in [-0.05, 0) is 61.6 Å². The van der Waals surface area contributed by atoms with Crippen LogP contribution in [0.2, 0.25) is 5.02 Å². The number of halogens is 1. The second-order valence-electron chi connectivity index (χ2n) is 9.85. The third-order valence-electron chi connectivity index (χ3n) is 7.02. The molecule has 1 aliphatic carbocycles. The molecule has 0 saturated heterocycles. The number of hydrogen-bond acceptors (Lipinski definition) is 5. The van der Waals surface area contributed by atoms with Crippen molar-refractivity contribution in [2.75, 3.05) is 0 Å². The van der Waals surface area contributed by atoms with Gasteiger partial charge in [0.15, 0.2) is 0 Å². The van der Waals surface area contributed by atoms with Crippen LogP contribution in [0.3, 0.4) is 0 Å². The summed E-state index contributed by atoms with van der Waals surface area (Å²) in [6.45, 7) is 2.03. The Kier molecular flexibility index (Phi) is 8.94. The second kappa shape index (κ2) is 12.2. The molecule has 4 rings (SSSR count). The number of fused-ring (bicyclic) bond motifs is 1. The molecule has 1 atom stereocenters. The van der Waals surface area contributed by atoms with Gasteiger partial charge in [0.1, 0.15) is 0 Å². The summed E-state index contributed by atoms with van der Waals surface area (Å²) in [5.74, 6) is 0. The average molecular weight is 561 g/mol. The zero-order valence-electron chi connectivity index (χ0n) is 21.3. The number of rotatable bonds is 9. The average Bonchev–Trinajstić information content (AvgIpc) is 2.88. The molecule has 204 valence electrons. The normalized spacial score (nSPS) is 15.3. The number of sulfonamides is 1.